The first kappa shape index (κ1) is 17.0. The van der Waals surface area contributed by atoms with Gasteiger partial charge >= 0.3 is 0 Å². The highest BCUT2D eigenvalue weighted by Crippen LogP contribution is 2.64. The second kappa shape index (κ2) is 5.82. The Morgan fingerprint density at radius 1 is 1.07 bits per heavy atom. The van der Waals surface area contributed by atoms with Crippen LogP contribution < -0.4 is 5.32 Å². The van der Waals surface area contributed by atoms with E-state index in [1.54, 1.807) is 12.1 Å². The van der Waals surface area contributed by atoms with Crippen molar-refractivity contribution in [1.29, 1.82) is 5.26 Å². The monoisotopic (exact) mass is 389 g/mol. The third kappa shape index (κ3) is 2.14. The van der Waals surface area contributed by atoms with Crippen LogP contribution in [0.5, 0.6) is 0 Å². The van der Waals surface area contributed by atoms with Crippen LogP contribution in [0.3, 0.4) is 0 Å². The second-order valence-electron chi connectivity index (χ2n) is 8.59. The van der Waals surface area contributed by atoms with E-state index < -0.39 is 18.0 Å². The molecule has 0 radical (unpaired) electrons. The van der Waals surface area contributed by atoms with E-state index in [0.29, 0.717) is 0 Å². The fourth-order valence-corrected chi connectivity index (χ4v) is 6.29. The quantitative estimate of drug-likeness (QED) is 0.513. The van der Waals surface area contributed by atoms with Gasteiger partial charge in [0, 0.05) is 22.8 Å². The molecule has 3 aromatic rings. The van der Waals surface area contributed by atoms with E-state index in [1.165, 1.54) is 11.6 Å². The number of benzene rings is 2. The molecule has 29 heavy (non-hydrogen) atoms. The van der Waals surface area contributed by atoms with Gasteiger partial charge in [-0.05, 0) is 71.6 Å². The number of nitriles is 1. The highest BCUT2D eigenvalue weighted by atomic mass is 19.1. The maximum atomic E-state index is 13.9. The zero-order valence-electron chi connectivity index (χ0n) is 15.5. The molecule has 2 saturated carbocycles. The van der Waals surface area contributed by atoms with Crippen LogP contribution in [-0.2, 0) is 0 Å². The van der Waals surface area contributed by atoms with Crippen molar-refractivity contribution in [3.05, 3.63) is 65.1 Å². The van der Waals surface area contributed by atoms with Gasteiger partial charge in [-0.15, -0.1) is 0 Å². The van der Waals surface area contributed by atoms with Gasteiger partial charge in [-0.2, -0.15) is 5.26 Å². The van der Waals surface area contributed by atoms with Crippen LogP contribution in [0.4, 0.5) is 10.1 Å². The lowest BCUT2D eigenvalue weighted by molar-refractivity contribution is -0.0465. The summed E-state index contributed by atoms with van der Waals surface area (Å²) >= 11 is 0. The molecule has 3 aliphatic rings. The van der Waals surface area contributed by atoms with E-state index in [4.69, 9.17) is 0 Å². The molecule has 2 aliphatic carbocycles. The van der Waals surface area contributed by atoms with Crippen LogP contribution >= 0.6 is 0 Å². The van der Waals surface area contributed by atoms with Crippen LogP contribution in [0.15, 0.2) is 42.6 Å². The van der Waals surface area contributed by atoms with Gasteiger partial charge in [-0.25, -0.2) is 4.39 Å². The van der Waals surface area contributed by atoms with Crippen molar-refractivity contribution in [3.63, 3.8) is 0 Å². The number of aliphatic hydroxyl groups is 2. The molecule has 2 heterocycles. The Hall–Kier alpha value is -2.88. The summed E-state index contributed by atoms with van der Waals surface area (Å²) in [6, 6.07) is 12.6. The first-order valence-electron chi connectivity index (χ1n) is 10.0. The lowest BCUT2D eigenvalue weighted by atomic mass is 9.66. The highest BCUT2D eigenvalue weighted by molar-refractivity contribution is 5.89. The molecular formula is C23H20FN3O2. The first-order valence-corrected chi connectivity index (χ1v) is 10.0. The standard InChI is InChI=1S/C23H20FN3O2/c24-15-2-1-10(7-11(15)9-25)21-20-14-8-13(22(28)23(14)29)19(20)18-12-5-6-26-16(12)3-4-17(18)27-21/h1-7,13-14,19-23,26-29H,8H2/t13?,14?,19-,20-,21?,22?,23+/m1/s1. The Labute approximate surface area is 166 Å². The summed E-state index contributed by atoms with van der Waals surface area (Å²) in [6.07, 6.45) is 1.20. The number of hydrogen-bond donors (Lipinski definition) is 4. The van der Waals surface area contributed by atoms with E-state index in [9.17, 15) is 19.9 Å². The predicted molar refractivity (Wildman–Crippen MR) is 106 cm³/mol. The smallest absolute Gasteiger partial charge is 0.140 e. The SMILES string of the molecule is N#Cc1cc(C2Nc3ccc4[nH]ccc4c3[C@H]3C4CC([C@H](O)C4O)[C@@H]23)ccc1F. The molecule has 5 nitrogen and oxygen atoms in total. The molecule has 2 fully saturated rings. The number of aromatic amines is 1. The molecule has 2 bridgehead atoms. The van der Waals surface area contributed by atoms with E-state index >= 15 is 0 Å². The minimum absolute atomic E-state index is 0.0141. The van der Waals surface area contributed by atoms with Crippen LogP contribution in [-0.4, -0.2) is 27.4 Å². The molecule has 1 aliphatic heterocycles. The maximum absolute atomic E-state index is 13.9. The molecule has 0 spiro atoms. The van der Waals surface area contributed by atoms with Gasteiger partial charge in [0.25, 0.3) is 0 Å². The topological polar surface area (TPSA) is 92.1 Å². The van der Waals surface area contributed by atoms with Crippen molar-refractivity contribution in [3.8, 4) is 6.07 Å². The van der Waals surface area contributed by atoms with Gasteiger partial charge in [0.05, 0.1) is 23.8 Å². The summed E-state index contributed by atoms with van der Waals surface area (Å²) in [6.45, 7) is 0. The molecule has 4 N–H and O–H groups in total. The number of fused-ring (bicyclic) bond motifs is 9. The van der Waals surface area contributed by atoms with Crippen LogP contribution in [0.2, 0.25) is 0 Å². The Balaban J connectivity index is 1.56. The Morgan fingerprint density at radius 3 is 2.72 bits per heavy atom. The van der Waals surface area contributed by atoms with Crippen molar-refractivity contribution in [2.75, 3.05) is 5.32 Å². The highest BCUT2D eigenvalue weighted by Gasteiger charge is 2.61. The zero-order valence-corrected chi connectivity index (χ0v) is 15.5. The van der Waals surface area contributed by atoms with Crippen LogP contribution in [0.1, 0.15) is 35.1 Å². The number of nitrogens with zero attached hydrogens (tertiary/aromatic N) is 1. The van der Waals surface area contributed by atoms with Gasteiger partial charge in [0.1, 0.15) is 11.9 Å². The largest absolute Gasteiger partial charge is 0.390 e. The third-order valence-electron chi connectivity index (χ3n) is 7.42. The fraction of sp³-hybridized carbons (Fsp3) is 0.348. The number of rotatable bonds is 1. The van der Waals surface area contributed by atoms with Crippen LogP contribution in [0, 0.1) is 34.9 Å². The fourth-order valence-electron chi connectivity index (χ4n) is 6.29. The van der Waals surface area contributed by atoms with Gasteiger partial charge in [0.15, 0.2) is 0 Å². The van der Waals surface area contributed by atoms with Crippen molar-refractivity contribution in [2.45, 2.75) is 30.6 Å². The molecule has 7 atom stereocenters. The number of aliphatic hydroxyl groups excluding tert-OH is 2. The molecule has 0 saturated heterocycles. The summed E-state index contributed by atoms with van der Waals surface area (Å²) in [7, 11) is 0. The first-order chi connectivity index (χ1) is 14.1. The maximum Gasteiger partial charge on any atom is 0.140 e. The molecular weight excluding hydrogens is 369 g/mol. The predicted octanol–water partition coefficient (Wildman–Crippen LogP) is 3.42. The van der Waals surface area contributed by atoms with Gasteiger partial charge in [-0.1, -0.05) is 6.07 Å². The zero-order chi connectivity index (χ0) is 19.9. The molecule has 0 amide bonds. The van der Waals surface area contributed by atoms with Crippen molar-refractivity contribution >= 4 is 16.6 Å². The summed E-state index contributed by atoms with van der Waals surface area (Å²) in [4.78, 5) is 3.26. The number of aromatic nitrogens is 1. The van der Waals surface area contributed by atoms with E-state index in [0.717, 1.165) is 28.6 Å². The Morgan fingerprint density at radius 2 is 1.90 bits per heavy atom. The Kier molecular flexibility index (Phi) is 3.41. The van der Waals surface area contributed by atoms with Crippen LogP contribution in [0.25, 0.3) is 10.9 Å². The van der Waals surface area contributed by atoms with Crippen molar-refractivity contribution in [1.82, 2.24) is 4.98 Å². The van der Waals surface area contributed by atoms with Gasteiger partial charge < -0.3 is 20.5 Å². The molecule has 6 heteroatoms. The normalized spacial score (nSPS) is 34.5. The number of anilines is 1. The van der Waals surface area contributed by atoms with E-state index in [1.807, 2.05) is 24.4 Å². The van der Waals surface area contributed by atoms with Crippen molar-refractivity contribution < 1.29 is 14.6 Å². The second-order valence-corrected chi connectivity index (χ2v) is 8.59. The average Bonchev–Trinajstić information content (AvgIpc) is 3.43. The number of H-pyrrole nitrogens is 1. The minimum atomic E-state index is -0.756. The lowest BCUT2D eigenvalue weighted by Crippen LogP contribution is -2.46. The van der Waals surface area contributed by atoms with Gasteiger partial charge in [-0.3, -0.25) is 0 Å². The Bertz CT molecular complexity index is 1180. The summed E-state index contributed by atoms with van der Waals surface area (Å²) in [5.74, 6) is -0.435. The summed E-state index contributed by atoms with van der Waals surface area (Å²) < 4.78 is 13.9. The molecule has 146 valence electrons. The molecule has 4 unspecified atom stereocenters. The number of nitrogens with one attached hydrogen (secondary N) is 2. The van der Waals surface area contributed by atoms with Gasteiger partial charge in [0.2, 0.25) is 0 Å². The molecule has 6 rings (SSSR count). The third-order valence-corrected chi connectivity index (χ3v) is 7.42. The van der Waals surface area contributed by atoms with E-state index in [2.05, 4.69) is 16.4 Å². The van der Waals surface area contributed by atoms with E-state index in [-0.39, 0.29) is 35.3 Å². The minimum Gasteiger partial charge on any atom is -0.390 e. The number of hydrogen-bond acceptors (Lipinski definition) is 4. The molecule has 2 aromatic carbocycles. The summed E-state index contributed by atoms with van der Waals surface area (Å²) in [5.41, 5.74) is 4.10. The average molecular weight is 389 g/mol. The number of halogens is 1. The lowest BCUT2D eigenvalue weighted by Gasteiger charge is -2.46. The molecule has 1 aromatic heterocycles. The summed E-state index contributed by atoms with van der Waals surface area (Å²) in [5, 5.41) is 35.4. The van der Waals surface area contributed by atoms with Crippen molar-refractivity contribution in [2.24, 2.45) is 17.8 Å².